The summed E-state index contributed by atoms with van der Waals surface area (Å²) in [7, 11) is 0. The number of furan rings is 1. The summed E-state index contributed by atoms with van der Waals surface area (Å²) in [4.78, 5) is 11.6. The molecule has 0 radical (unpaired) electrons. The third-order valence-corrected chi connectivity index (χ3v) is 3.84. The molecule has 1 heterocycles. The number of rotatable bonds is 6. The van der Waals surface area contributed by atoms with E-state index in [1.54, 1.807) is 12.3 Å². The molecule has 0 fully saturated rings. The Morgan fingerprint density at radius 3 is 2.84 bits per heavy atom. The summed E-state index contributed by atoms with van der Waals surface area (Å²) in [6, 6.07) is 11.3. The molecule has 0 aliphatic rings. The maximum atomic E-state index is 11.6. The Morgan fingerprint density at radius 2 is 2.11 bits per heavy atom. The van der Waals surface area contributed by atoms with Gasteiger partial charge in [-0.25, -0.2) is 0 Å². The summed E-state index contributed by atoms with van der Waals surface area (Å²) in [5.74, 6) is 1.89. The highest BCUT2D eigenvalue weighted by atomic mass is 35.5. The van der Waals surface area contributed by atoms with Crippen molar-refractivity contribution in [2.75, 3.05) is 5.75 Å². The molecule has 0 aliphatic carbocycles. The van der Waals surface area contributed by atoms with Gasteiger partial charge in [0, 0.05) is 10.8 Å². The van der Waals surface area contributed by atoms with E-state index >= 15 is 0 Å². The number of hydrogen-bond acceptors (Lipinski definition) is 3. The number of benzene rings is 1. The van der Waals surface area contributed by atoms with E-state index in [0.717, 1.165) is 22.1 Å². The molecule has 5 heteroatoms. The summed E-state index contributed by atoms with van der Waals surface area (Å²) >= 11 is 7.58. The van der Waals surface area contributed by atoms with E-state index in [0.29, 0.717) is 12.3 Å². The number of nitrogens with one attached hydrogen (secondary N) is 1. The summed E-state index contributed by atoms with van der Waals surface area (Å²) < 4.78 is 5.13. The molecule has 1 N–H and O–H groups in total. The van der Waals surface area contributed by atoms with Gasteiger partial charge in [-0.05, 0) is 23.8 Å². The van der Waals surface area contributed by atoms with E-state index in [9.17, 15) is 4.79 Å². The summed E-state index contributed by atoms with van der Waals surface area (Å²) in [5, 5.41) is 3.54. The Hall–Kier alpha value is -1.39. The van der Waals surface area contributed by atoms with E-state index in [4.69, 9.17) is 16.0 Å². The number of halogens is 1. The van der Waals surface area contributed by atoms with Crippen LogP contribution in [0.2, 0.25) is 5.02 Å². The number of amides is 1. The maximum absolute atomic E-state index is 11.6. The molecule has 19 heavy (non-hydrogen) atoms. The second-order valence-corrected chi connectivity index (χ2v) is 5.33. The van der Waals surface area contributed by atoms with Crippen molar-refractivity contribution in [2.24, 2.45) is 0 Å². The van der Waals surface area contributed by atoms with Crippen LogP contribution in [-0.4, -0.2) is 11.7 Å². The first-order valence-electron chi connectivity index (χ1n) is 5.86. The van der Waals surface area contributed by atoms with Gasteiger partial charge >= 0.3 is 0 Å². The van der Waals surface area contributed by atoms with Gasteiger partial charge in [-0.1, -0.05) is 29.8 Å². The van der Waals surface area contributed by atoms with Gasteiger partial charge in [-0.3, -0.25) is 4.79 Å². The second kappa shape index (κ2) is 7.26. The zero-order valence-electron chi connectivity index (χ0n) is 10.3. The molecule has 0 spiro atoms. The Morgan fingerprint density at radius 1 is 1.26 bits per heavy atom. The fourth-order valence-electron chi connectivity index (χ4n) is 1.52. The van der Waals surface area contributed by atoms with E-state index in [1.807, 2.05) is 30.3 Å². The lowest BCUT2D eigenvalue weighted by Crippen LogP contribution is -2.24. The van der Waals surface area contributed by atoms with E-state index < -0.39 is 0 Å². The average molecular weight is 296 g/mol. The van der Waals surface area contributed by atoms with Gasteiger partial charge in [0.05, 0.1) is 18.6 Å². The highest BCUT2D eigenvalue weighted by Crippen LogP contribution is 2.20. The van der Waals surface area contributed by atoms with Crippen LogP contribution in [0.3, 0.4) is 0 Å². The molecule has 0 bridgehead atoms. The molecule has 1 amide bonds. The Bertz CT molecular complexity index is 528. The lowest BCUT2D eigenvalue weighted by molar-refractivity contribution is -0.118. The quantitative estimate of drug-likeness (QED) is 0.887. The van der Waals surface area contributed by atoms with Crippen molar-refractivity contribution in [3.8, 4) is 0 Å². The fraction of sp³-hybridized carbons (Fsp3) is 0.214. The molecule has 3 nitrogen and oxygen atoms in total. The minimum atomic E-state index is -0.00606. The molecular formula is C14H14ClNO2S. The van der Waals surface area contributed by atoms with Crippen molar-refractivity contribution in [2.45, 2.75) is 12.3 Å². The van der Waals surface area contributed by atoms with Gasteiger partial charge in [0.25, 0.3) is 0 Å². The lowest BCUT2D eigenvalue weighted by atomic mass is 10.2. The van der Waals surface area contributed by atoms with Gasteiger partial charge in [0.2, 0.25) is 5.91 Å². The van der Waals surface area contributed by atoms with Crippen LogP contribution in [0.15, 0.2) is 47.1 Å². The normalized spacial score (nSPS) is 10.4. The van der Waals surface area contributed by atoms with Crippen LogP contribution in [0.5, 0.6) is 0 Å². The third kappa shape index (κ3) is 4.65. The zero-order chi connectivity index (χ0) is 13.5. The first-order valence-corrected chi connectivity index (χ1v) is 7.39. The van der Waals surface area contributed by atoms with Crippen molar-refractivity contribution in [3.05, 3.63) is 59.0 Å². The van der Waals surface area contributed by atoms with Gasteiger partial charge in [0.1, 0.15) is 5.76 Å². The topological polar surface area (TPSA) is 42.2 Å². The van der Waals surface area contributed by atoms with Crippen LogP contribution in [0.4, 0.5) is 0 Å². The second-order valence-electron chi connectivity index (χ2n) is 3.94. The monoisotopic (exact) mass is 295 g/mol. The number of hydrogen-bond donors (Lipinski definition) is 1. The highest BCUT2D eigenvalue weighted by Gasteiger charge is 2.04. The minimum Gasteiger partial charge on any atom is -0.467 e. The van der Waals surface area contributed by atoms with Crippen LogP contribution < -0.4 is 5.32 Å². The van der Waals surface area contributed by atoms with E-state index in [1.165, 1.54) is 11.8 Å². The minimum absolute atomic E-state index is 0.00606. The molecule has 0 aliphatic heterocycles. The predicted octanol–water partition coefficient (Wildman–Crippen LogP) is 3.48. The van der Waals surface area contributed by atoms with Crippen molar-refractivity contribution < 1.29 is 9.21 Å². The molecular weight excluding hydrogens is 282 g/mol. The smallest absolute Gasteiger partial charge is 0.230 e. The van der Waals surface area contributed by atoms with Crippen molar-refractivity contribution in [1.82, 2.24) is 5.32 Å². The lowest BCUT2D eigenvalue weighted by Gasteiger charge is -2.05. The molecule has 100 valence electrons. The molecule has 0 saturated carbocycles. The Labute approximate surface area is 121 Å². The number of carbonyl (C=O) groups is 1. The molecule has 2 aromatic rings. The Kier molecular flexibility index (Phi) is 5.36. The SMILES string of the molecule is O=C(CSCc1ccccc1Cl)NCc1ccco1. The fourth-order valence-corrected chi connectivity index (χ4v) is 2.66. The van der Waals surface area contributed by atoms with Crippen LogP contribution in [0, 0.1) is 0 Å². The molecule has 0 atom stereocenters. The van der Waals surface area contributed by atoms with Crippen LogP contribution in [-0.2, 0) is 17.1 Å². The highest BCUT2D eigenvalue weighted by molar-refractivity contribution is 7.99. The van der Waals surface area contributed by atoms with Gasteiger partial charge in [-0.2, -0.15) is 0 Å². The third-order valence-electron chi connectivity index (χ3n) is 2.49. The Balaban J connectivity index is 1.68. The summed E-state index contributed by atoms with van der Waals surface area (Å²) in [5.41, 5.74) is 1.05. The summed E-state index contributed by atoms with van der Waals surface area (Å²) in [6.45, 7) is 0.429. The largest absolute Gasteiger partial charge is 0.467 e. The number of thioether (sulfide) groups is 1. The van der Waals surface area contributed by atoms with Crippen LogP contribution in [0.1, 0.15) is 11.3 Å². The molecule has 2 rings (SSSR count). The van der Waals surface area contributed by atoms with Crippen molar-refractivity contribution >= 4 is 29.3 Å². The molecule has 1 aromatic carbocycles. The van der Waals surface area contributed by atoms with Gasteiger partial charge < -0.3 is 9.73 Å². The molecule has 0 saturated heterocycles. The first-order chi connectivity index (χ1) is 9.25. The predicted molar refractivity (Wildman–Crippen MR) is 78.2 cm³/mol. The molecule has 0 unspecified atom stereocenters. The van der Waals surface area contributed by atoms with Crippen LogP contribution >= 0.6 is 23.4 Å². The van der Waals surface area contributed by atoms with E-state index in [2.05, 4.69) is 5.32 Å². The van der Waals surface area contributed by atoms with E-state index in [-0.39, 0.29) is 5.91 Å². The average Bonchev–Trinajstić information content (AvgIpc) is 2.92. The maximum Gasteiger partial charge on any atom is 0.230 e. The van der Waals surface area contributed by atoms with Crippen LogP contribution in [0.25, 0.3) is 0 Å². The van der Waals surface area contributed by atoms with Crippen molar-refractivity contribution in [1.29, 1.82) is 0 Å². The zero-order valence-corrected chi connectivity index (χ0v) is 11.8. The molecule has 1 aromatic heterocycles. The van der Waals surface area contributed by atoms with Gasteiger partial charge in [0.15, 0.2) is 0 Å². The van der Waals surface area contributed by atoms with Gasteiger partial charge in [-0.15, -0.1) is 11.8 Å². The van der Waals surface area contributed by atoms with Crippen molar-refractivity contribution in [3.63, 3.8) is 0 Å². The standard InChI is InChI=1S/C14H14ClNO2S/c15-13-6-2-1-4-11(13)9-19-10-14(17)16-8-12-5-3-7-18-12/h1-7H,8-10H2,(H,16,17). The number of carbonyl (C=O) groups excluding carboxylic acids is 1. The summed E-state index contributed by atoms with van der Waals surface area (Å²) in [6.07, 6.45) is 1.59. The first kappa shape index (κ1) is 14.0.